The number of carbonyl (C=O) groups excluding carboxylic acids is 1. The number of carbonyl (C=O) groups is 1. The molecule has 1 aliphatic heterocycles. The minimum Gasteiger partial charge on any atom is -0.440 e. The lowest BCUT2D eigenvalue weighted by Crippen LogP contribution is -2.41. The van der Waals surface area contributed by atoms with E-state index < -0.39 is 24.5 Å². The number of alkyl carbamates (subject to hydrolysis) is 1. The van der Waals surface area contributed by atoms with Gasteiger partial charge in [0.15, 0.2) is 6.61 Å². The average molecular weight is 241 g/mol. The van der Waals surface area contributed by atoms with Crippen LogP contribution in [0.4, 0.5) is 18.0 Å². The Bertz CT molecular complexity index is 249. The first-order valence-electron chi connectivity index (χ1n) is 4.92. The van der Waals surface area contributed by atoms with Crippen LogP contribution in [0.1, 0.15) is 19.8 Å². The molecule has 1 rings (SSSR count). The van der Waals surface area contributed by atoms with Crippen molar-refractivity contribution in [2.75, 3.05) is 19.8 Å². The number of alkyl halides is 3. The second-order valence-corrected chi connectivity index (χ2v) is 3.95. The van der Waals surface area contributed by atoms with Gasteiger partial charge in [0, 0.05) is 13.2 Å². The summed E-state index contributed by atoms with van der Waals surface area (Å²) < 4.78 is 44.4. The van der Waals surface area contributed by atoms with Crippen molar-refractivity contribution < 1.29 is 27.4 Å². The molecule has 0 aromatic heterocycles. The molecular formula is C9H14F3NO3. The molecule has 94 valence electrons. The highest BCUT2D eigenvalue weighted by atomic mass is 19.4. The summed E-state index contributed by atoms with van der Waals surface area (Å²) in [5, 5.41) is 2.25. The zero-order valence-corrected chi connectivity index (χ0v) is 8.89. The van der Waals surface area contributed by atoms with E-state index in [1.807, 2.05) is 0 Å². The molecule has 16 heavy (non-hydrogen) atoms. The van der Waals surface area contributed by atoms with E-state index in [2.05, 4.69) is 10.1 Å². The molecule has 0 radical (unpaired) electrons. The van der Waals surface area contributed by atoms with Crippen LogP contribution < -0.4 is 5.32 Å². The van der Waals surface area contributed by atoms with Gasteiger partial charge >= 0.3 is 12.3 Å². The molecule has 1 heterocycles. The molecule has 0 aromatic rings. The first kappa shape index (κ1) is 13.1. The molecule has 1 fully saturated rings. The topological polar surface area (TPSA) is 47.6 Å². The van der Waals surface area contributed by atoms with Gasteiger partial charge in [0.1, 0.15) is 0 Å². The Balaban J connectivity index is 2.20. The van der Waals surface area contributed by atoms with Gasteiger partial charge in [-0.2, -0.15) is 13.2 Å². The van der Waals surface area contributed by atoms with E-state index in [-0.39, 0.29) is 6.54 Å². The van der Waals surface area contributed by atoms with Crippen molar-refractivity contribution in [2.24, 2.45) is 0 Å². The third kappa shape index (κ3) is 4.69. The largest absolute Gasteiger partial charge is 0.440 e. The molecule has 0 bridgehead atoms. The first-order chi connectivity index (χ1) is 7.31. The van der Waals surface area contributed by atoms with Crippen LogP contribution in [0.5, 0.6) is 0 Å². The first-order valence-corrected chi connectivity index (χ1v) is 4.92. The van der Waals surface area contributed by atoms with Crippen molar-refractivity contribution in [3.63, 3.8) is 0 Å². The van der Waals surface area contributed by atoms with Gasteiger partial charge in [0.2, 0.25) is 0 Å². The number of halogens is 3. The maximum Gasteiger partial charge on any atom is 0.422 e. The molecule has 1 saturated heterocycles. The second-order valence-electron chi connectivity index (χ2n) is 3.95. The SMILES string of the molecule is CC1(CNC(=O)OCC(F)(F)F)CCCO1. The third-order valence-corrected chi connectivity index (χ3v) is 2.27. The number of rotatable bonds is 3. The summed E-state index contributed by atoms with van der Waals surface area (Å²) in [6.45, 7) is 0.986. The molecule has 0 spiro atoms. The number of nitrogens with one attached hydrogen (secondary N) is 1. The van der Waals surface area contributed by atoms with E-state index in [1.165, 1.54) is 0 Å². The number of hydrogen-bond acceptors (Lipinski definition) is 3. The van der Waals surface area contributed by atoms with Crippen LogP contribution in [0.25, 0.3) is 0 Å². The maximum atomic E-state index is 11.7. The van der Waals surface area contributed by atoms with Gasteiger partial charge in [-0.05, 0) is 19.8 Å². The van der Waals surface area contributed by atoms with Gasteiger partial charge in [-0.3, -0.25) is 0 Å². The van der Waals surface area contributed by atoms with Crippen LogP contribution in [-0.4, -0.2) is 37.6 Å². The summed E-state index contributed by atoms with van der Waals surface area (Å²) in [6.07, 6.45) is -3.91. The summed E-state index contributed by atoms with van der Waals surface area (Å²) in [5.74, 6) is 0. The molecule has 1 unspecified atom stereocenters. The second kappa shape index (κ2) is 4.90. The molecule has 1 N–H and O–H groups in total. The van der Waals surface area contributed by atoms with Crippen LogP contribution in [0.3, 0.4) is 0 Å². The maximum absolute atomic E-state index is 11.7. The Morgan fingerprint density at radius 1 is 1.56 bits per heavy atom. The lowest BCUT2D eigenvalue weighted by molar-refractivity contribution is -0.160. The van der Waals surface area contributed by atoms with Crippen molar-refractivity contribution >= 4 is 6.09 Å². The monoisotopic (exact) mass is 241 g/mol. The normalized spacial score (nSPS) is 25.5. The van der Waals surface area contributed by atoms with E-state index in [0.717, 1.165) is 12.8 Å². The minimum atomic E-state index is -4.49. The zero-order chi connectivity index (χ0) is 12.2. The molecule has 0 aromatic carbocycles. The summed E-state index contributed by atoms with van der Waals surface area (Å²) in [6, 6.07) is 0. The molecule has 1 aliphatic rings. The van der Waals surface area contributed by atoms with Crippen molar-refractivity contribution in [1.82, 2.24) is 5.32 Å². The van der Waals surface area contributed by atoms with E-state index in [0.29, 0.717) is 6.61 Å². The van der Waals surface area contributed by atoms with Crippen molar-refractivity contribution in [3.8, 4) is 0 Å². The molecule has 4 nitrogen and oxygen atoms in total. The molecule has 1 amide bonds. The van der Waals surface area contributed by atoms with Gasteiger partial charge in [-0.1, -0.05) is 0 Å². The van der Waals surface area contributed by atoms with Crippen LogP contribution in [-0.2, 0) is 9.47 Å². The van der Waals surface area contributed by atoms with Gasteiger partial charge in [-0.15, -0.1) is 0 Å². The average Bonchev–Trinajstić information content (AvgIpc) is 2.59. The smallest absolute Gasteiger partial charge is 0.422 e. The lowest BCUT2D eigenvalue weighted by Gasteiger charge is -2.23. The Labute approximate surface area is 91.1 Å². The third-order valence-electron chi connectivity index (χ3n) is 2.27. The van der Waals surface area contributed by atoms with Crippen LogP contribution in [0.15, 0.2) is 0 Å². The molecule has 0 saturated carbocycles. The number of hydrogen-bond donors (Lipinski definition) is 1. The molecule has 0 aliphatic carbocycles. The van der Waals surface area contributed by atoms with Gasteiger partial charge < -0.3 is 14.8 Å². The molecule has 1 atom stereocenters. The minimum absolute atomic E-state index is 0.156. The van der Waals surface area contributed by atoms with Crippen molar-refractivity contribution in [3.05, 3.63) is 0 Å². The van der Waals surface area contributed by atoms with E-state index in [1.54, 1.807) is 6.92 Å². The Kier molecular flexibility index (Phi) is 4.01. The quantitative estimate of drug-likeness (QED) is 0.820. The van der Waals surface area contributed by atoms with Crippen LogP contribution in [0.2, 0.25) is 0 Å². The fourth-order valence-corrected chi connectivity index (χ4v) is 1.43. The standard InChI is InChI=1S/C9H14F3NO3/c1-8(3-2-4-16-8)5-13-7(14)15-6-9(10,11)12/h2-6H2,1H3,(H,13,14). The lowest BCUT2D eigenvalue weighted by atomic mass is 10.0. The van der Waals surface area contributed by atoms with Crippen LogP contribution in [0, 0.1) is 0 Å². The predicted molar refractivity (Wildman–Crippen MR) is 49.0 cm³/mol. The van der Waals surface area contributed by atoms with Crippen LogP contribution >= 0.6 is 0 Å². The predicted octanol–water partition coefficient (Wildman–Crippen LogP) is 1.84. The van der Waals surface area contributed by atoms with Gasteiger partial charge in [-0.25, -0.2) is 4.79 Å². The summed E-state index contributed by atoms with van der Waals surface area (Å²) in [4.78, 5) is 10.9. The molecular weight excluding hydrogens is 227 g/mol. The van der Waals surface area contributed by atoms with Crippen molar-refractivity contribution in [1.29, 1.82) is 0 Å². The van der Waals surface area contributed by atoms with Gasteiger partial charge in [0.25, 0.3) is 0 Å². The number of ether oxygens (including phenoxy) is 2. The Hall–Kier alpha value is -0.980. The summed E-state index contributed by atoms with van der Waals surface area (Å²) in [5.41, 5.74) is -0.489. The zero-order valence-electron chi connectivity index (χ0n) is 8.89. The fourth-order valence-electron chi connectivity index (χ4n) is 1.43. The Morgan fingerprint density at radius 3 is 2.75 bits per heavy atom. The van der Waals surface area contributed by atoms with E-state index in [4.69, 9.17) is 4.74 Å². The fraction of sp³-hybridized carbons (Fsp3) is 0.889. The Morgan fingerprint density at radius 2 is 2.25 bits per heavy atom. The van der Waals surface area contributed by atoms with E-state index in [9.17, 15) is 18.0 Å². The van der Waals surface area contributed by atoms with Gasteiger partial charge in [0.05, 0.1) is 5.60 Å². The highest BCUT2D eigenvalue weighted by molar-refractivity contribution is 5.67. The summed E-state index contributed by atoms with van der Waals surface area (Å²) in [7, 11) is 0. The molecule has 7 heteroatoms. The van der Waals surface area contributed by atoms with Crippen molar-refractivity contribution in [2.45, 2.75) is 31.5 Å². The summed E-state index contributed by atoms with van der Waals surface area (Å²) >= 11 is 0. The van der Waals surface area contributed by atoms with E-state index >= 15 is 0 Å². The number of amides is 1. The highest BCUT2D eigenvalue weighted by Gasteiger charge is 2.32. The highest BCUT2D eigenvalue weighted by Crippen LogP contribution is 2.23.